The molecule has 0 saturated heterocycles. The van der Waals surface area contributed by atoms with E-state index in [0.29, 0.717) is 19.1 Å². The van der Waals surface area contributed by atoms with E-state index in [4.69, 9.17) is 4.74 Å². The fourth-order valence-electron chi connectivity index (χ4n) is 2.78. The molecule has 1 fully saturated rings. The van der Waals surface area contributed by atoms with Crippen molar-refractivity contribution in [2.24, 2.45) is 13.0 Å². The third-order valence-electron chi connectivity index (χ3n) is 4.24. The molecule has 2 aliphatic rings. The number of aromatic nitrogens is 3. The number of rotatable bonds is 6. The second-order valence-electron chi connectivity index (χ2n) is 6.31. The maximum atomic E-state index is 12.4. The van der Waals surface area contributed by atoms with Gasteiger partial charge in [-0.3, -0.25) is 4.68 Å². The predicted molar refractivity (Wildman–Crippen MR) is 80.3 cm³/mol. The lowest BCUT2D eigenvalue weighted by atomic mass is 10.0. The molecule has 1 aliphatic heterocycles. The first-order valence-corrected chi connectivity index (χ1v) is 8.93. The summed E-state index contributed by atoms with van der Waals surface area (Å²) in [7, 11) is 1.47. The van der Waals surface area contributed by atoms with Gasteiger partial charge in [-0.05, 0) is 18.8 Å². The van der Waals surface area contributed by atoms with Crippen molar-refractivity contribution in [3.8, 4) is 0 Å². The summed E-state index contributed by atoms with van der Waals surface area (Å²) >= 11 is 0. The van der Waals surface area contributed by atoms with Gasteiger partial charge in [0.1, 0.15) is 5.69 Å². The SMILES string of the molecule is CN(C)S(=O)(=O)N1Cc2nnn(C)c2[C@H](COCC2CC2)C1. The van der Waals surface area contributed by atoms with Crippen LogP contribution in [-0.2, 0) is 28.5 Å². The third kappa shape index (κ3) is 3.03. The van der Waals surface area contributed by atoms with E-state index < -0.39 is 10.2 Å². The van der Waals surface area contributed by atoms with Crippen molar-refractivity contribution < 1.29 is 13.2 Å². The highest BCUT2D eigenvalue weighted by Crippen LogP contribution is 2.31. The molecule has 0 amide bonds. The van der Waals surface area contributed by atoms with Crippen LogP contribution in [0.5, 0.6) is 0 Å². The Bertz CT molecular complexity index is 638. The molecular weight excluding hydrogens is 306 g/mol. The lowest BCUT2D eigenvalue weighted by Gasteiger charge is -2.32. The quantitative estimate of drug-likeness (QED) is 0.731. The monoisotopic (exact) mass is 329 g/mol. The van der Waals surface area contributed by atoms with Crippen molar-refractivity contribution >= 4 is 10.2 Å². The first-order chi connectivity index (χ1) is 10.4. The highest BCUT2D eigenvalue weighted by molar-refractivity contribution is 7.86. The molecule has 0 bridgehead atoms. The van der Waals surface area contributed by atoms with Gasteiger partial charge < -0.3 is 4.74 Å². The number of nitrogens with zero attached hydrogens (tertiary/aromatic N) is 5. The second-order valence-corrected chi connectivity index (χ2v) is 8.45. The molecule has 0 spiro atoms. The molecule has 2 heterocycles. The molecule has 0 aromatic carbocycles. The molecule has 3 rings (SSSR count). The van der Waals surface area contributed by atoms with E-state index in [1.165, 1.54) is 21.5 Å². The number of aryl methyl sites for hydroxylation is 1. The Morgan fingerprint density at radius 1 is 1.32 bits per heavy atom. The van der Waals surface area contributed by atoms with Gasteiger partial charge in [0.05, 0.1) is 18.8 Å². The molecule has 1 aromatic heterocycles. The Hall–Kier alpha value is -1.03. The van der Waals surface area contributed by atoms with Crippen LogP contribution in [0.15, 0.2) is 0 Å². The van der Waals surface area contributed by atoms with Crippen LogP contribution in [0, 0.1) is 5.92 Å². The van der Waals surface area contributed by atoms with E-state index >= 15 is 0 Å². The van der Waals surface area contributed by atoms with Crippen LogP contribution in [0.4, 0.5) is 0 Å². The number of hydrogen-bond acceptors (Lipinski definition) is 5. The van der Waals surface area contributed by atoms with Crippen LogP contribution in [0.1, 0.15) is 30.1 Å². The largest absolute Gasteiger partial charge is 0.380 e. The summed E-state index contributed by atoms with van der Waals surface area (Å²) in [5.41, 5.74) is 1.71. The van der Waals surface area contributed by atoms with Crippen LogP contribution in [-0.4, -0.2) is 65.9 Å². The minimum absolute atomic E-state index is 0.0303. The van der Waals surface area contributed by atoms with Crippen LogP contribution in [0.3, 0.4) is 0 Å². The summed E-state index contributed by atoms with van der Waals surface area (Å²) in [5, 5.41) is 8.16. The standard InChI is InChI=1S/C13H23N5O3S/c1-16(2)22(19,20)18-6-11(9-21-8-10-4-5-10)13-12(7-18)14-15-17(13)3/h10-11H,4-9H2,1-3H3/t11-/m0/s1. The fourth-order valence-corrected chi connectivity index (χ4v) is 3.90. The van der Waals surface area contributed by atoms with Crippen molar-refractivity contribution in [1.82, 2.24) is 23.6 Å². The average molecular weight is 329 g/mol. The van der Waals surface area contributed by atoms with Gasteiger partial charge in [0.15, 0.2) is 0 Å². The zero-order chi connectivity index (χ0) is 15.9. The molecule has 22 heavy (non-hydrogen) atoms. The molecule has 0 radical (unpaired) electrons. The van der Waals surface area contributed by atoms with Crippen molar-refractivity contribution in [2.45, 2.75) is 25.3 Å². The van der Waals surface area contributed by atoms with E-state index in [9.17, 15) is 8.42 Å². The summed E-state index contributed by atoms with van der Waals surface area (Å²) in [5.74, 6) is 0.659. The summed E-state index contributed by atoms with van der Waals surface area (Å²) in [4.78, 5) is 0. The first kappa shape index (κ1) is 15.9. The van der Waals surface area contributed by atoms with Gasteiger partial charge in [-0.15, -0.1) is 5.10 Å². The minimum Gasteiger partial charge on any atom is -0.380 e. The van der Waals surface area contributed by atoms with Gasteiger partial charge in [-0.1, -0.05) is 5.21 Å². The van der Waals surface area contributed by atoms with Gasteiger partial charge in [0.25, 0.3) is 10.2 Å². The lowest BCUT2D eigenvalue weighted by Crippen LogP contribution is -2.45. The van der Waals surface area contributed by atoms with Gasteiger partial charge in [0, 0.05) is 40.2 Å². The number of ether oxygens (including phenoxy) is 1. The van der Waals surface area contributed by atoms with Crippen LogP contribution >= 0.6 is 0 Å². The van der Waals surface area contributed by atoms with Crippen LogP contribution in [0.25, 0.3) is 0 Å². The molecule has 9 heteroatoms. The Morgan fingerprint density at radius 3 is 2.68 bits per heavy atom. The third-order valence-corrected chi connectivity index (χ3v) is 6.09. The van der Waals surface area contributed by atoms with E-state index in [-0.39, 0.29) is 12.5 Å². The van der Waals surface area contributed by atoms with Crippen molar-refractivity contribution in [3.05, 3.63) is 11.4 Å². The zero-order valence-electron chi connectivity index (χ0n) is 13.3. The summed E-state index contributed by atoms with van der Waals surface area (Å²) in [6.45, 7) is 1.93. The minimum atomic E-state index is -3.46. The highest BCUT2D eigenvalue weighted by Gasteiger charge is 2.37. The topological polar surface area (TPSA) is 80.6 Å². The Balaban J connectivity index is 1.78. The van der Waals surface area contributed by atoms with Crippen molar-refractivity contribution in [3.63, 3.8) is 0 Å². The average Bonchev–Trinajstić information content (AvgIpc) is 3.21. The van der Waals surface area contributed by atoms with Crippen molar-refractivity contribution in [2.75, 3.05) is 33.9 Å². The molecule has 0 N–H and O–H groups in total. The van der Waals surface area contributed by atoms with E-state index in [1.807, 2.05) is 7.05 Å². The van der Waals surface area contributed by atoms with Gasteiger partial charge in [-0.25, -0.2) is 0 Å². The molecule has 1 saturated carbocycles. The van der Waals surface area contributed by atoms with E-state index in [1.54, 1.807) is 18.8 Å². The molecule has 0 unspecified atom stereocenters. The van der Waals surface area contributed by atoms with Crippen LogP contribution < -0.4 is 0 Å². The molecular formula is C13H23N5O3S. The van der Waals surface area contributed by atoms with Gasteiger partial charge in [0.2, 0.25) is 0 Å². The Morgan fingerprint density at radius 2 is 2.05 bits per heavy atom. The van der Waals surface area contributed by atoms with Gasteiger partial charge >= 0.3 is 0 Å². The summed E-state index contributed by atoms with van der Waals surface area (Å²) in [6.07, 6.45) is 2.48. The molecule has 8 nitrogen and oxygen atoms in total. The lowest BCUT2D eigenvalue weighted by molar-refractivity contribution is 0.0991. The molecule has 1 atom stereocenters. The molecule has 124 valence electrons. The summed E-state index contributed by atoms with van der Waals surface area (Å²) in [6, 6.07) is 0. The van der Waals surface area contributed by atoms with Crippen LogP contribution in [0.2, 0.25) is 0 Å². The fraction of sp³-hybridized carbons (Fsp3) is 0.846. The summed E-state index contributed by atoms with van der Waals surface area (Å²) < 4.78 is 35.0. The number of hydrogen-bond donors (Lipinski definition) is 0. The van der Waals surface area contributed by atoms with Gasteiger partial charge in [-0.2, -0.15) is 17.0 Å². The molecule has 1 aliphatic carbocycles. The maximum Gasteiger partial charge on any atom is 0.281 e. The zero-order valence-corrected chi connectivity index (χ0v) is 14.1. The first-order valence-electron chi connectivity index (χ1n) is 7.53. The predicted octanol–water partition coefficient (Wildman–Crippen LogP) is -0.0527. The highest BCUT2D eigenvalue weighted by atomic mass is 32.2. The maximum absolute atomic E-state index is 12.4. The molecule has 1 aromatic rings. The van der Waals surface area contributed by atoms with Crippen molar-refractivity contribution in [1.29, 1.82) is 0 Å². The Labute approximate surface area is 131 Å². The smallest absolute Gasteiger partial charge is 0.281 e. The normalized spacial score (nSPS) is 23.0. The second kappa shape index (κ2) is 5.88. The Kier molecular flexibility index (Phi) is 4.23. The number of fused-ring (bicyclic) bond motifs is 1. The van der Waals surface area contributed by atoms with E-state index in [2.05, 4.69) is 10.3 Å². The van der Waals surface area contributed by atoms with E-state index in [0.717, 1.165) is 18.0 Å².